The van der Waals surface area contributed by atoms with Gasteiger partial charge in [0.1, 0.15) is 0 Å². The van der Waals surface area contributed by atoms with Crippen LogP contribution in [0.25, 0.3) is 0 Å². The van der Waals surface area contributed by atoms with E-state index in [4.69, 9.17) is 9.84 Å². The fourth-order valence-electron chi connectivity index (χ4n) is 1.08. The highest BCUT2D eigenvalue weighted by molar-refractivity contribution is 5.69. The van der Waals surface area contributed by atoms with Crippen LogP contribution in [0.15, 0.2) is 6.07 Å². The molecule has 0 bridgehead atoms. The molecule has 1 aromatic rings. The first-order chi connectivity index (χ1) is 6.76. The summed E-state index contributed by atoms with van der Waals surface area (Å²) >= 11 is 0. The lowest BCUT2D eigenvalue weighted by molar-refractivity contribution is -0.143. The van der Waals surface area contributed by atoms with Gasteiger partial charge in [0.25, 0.3) is 0 Å². The van der Waals surface area contributed by atoms with Gasteiger partial charge in [-0.15, -0.1) is 0 Å². The van der Waals surface area contributed by atoms with Gasteiger partial charge in [-0.05, 0) is 13.0 Å². The van der Waals surface area contributed by atoms with Crippen LogP contribution in [0, 0.1) is 0 Å². The number of nitrogens with zero attached hydrogens (tertiary/aromatic N) is 1. The highest BCUT2D eigenvalue weighted by atomic mass is 16.5. The van der Waals surface area contributed by atoms with E-state index in [0.717, 1.165) is 5.69 Å². The lowest BCUT2D eigenvalue weighted by atomic mass is 10.2. The summed E-state index contributed by atoms with van der Waals surface area (Å²) in [6.07, 6.45) is 0.860. The fraction of sp³-hybridized carbons (Fsp3) is 0.556. The molecule has 0 aliphatic carbocycles. The van der Waals surface area contributed by atoms with Crippen LogP contribution in [0.5, 0.6) is 0 Å². The summed E-state index contributed by atoms with van der Waals surface area (Å²) in [7, 11) is 0. The van der Waals surface area contributed by atoms with Gasteiger partial charge in [0, 0.05) is 6.42 Å². The summed E-state index contributed by atoms with van der Waals surface area (Å²) in [5, 5.41) is 15.3. The lowest BCUT2D eigenvalue weighted by Gasteiger charge is -1.98. The van der Waals surface area contributed by atoms with Gasteiger partial charge < -0.3 is 9.84 Å². The highest BCUT2D eigenvalue weighted by Gasteiger charge is 2.05. The summed E-state index contributed by atoms with van der Waals surface area (Å²) in [6, 6.07) is 1.74. The third kappa shape index (κ3) is 3.18. The van der Waals surface area contributed by atoms with Gasteiger partial charge in [-0.3, -0.25) is 9.89 Å². The van der Waals surface area contributed by atoms with E-state index in [1.807, 2.05) is 0 Å². The number of hydrogen-bond donors (Lipinski definition) is 2. The zero-order valence-electron chi connectivity index (χ0n) is 8.12. The molecule has 2 N–H and O–H groups in total. The second kappa shape index (κ2) is 5.39. The number of aromatic amines is 1. The second-order valence-electron chi connectivity index (χ2n) is 2.85. The SMILES string of the molecule is CCOC(=O)CCc1cc(CO)[nH]n1. The molecule has 0 aromatic carbocycles. The molecule has 0 aliphatic rings. The molecule has 14 heavy (non-hydrogen) atoms. The molecule has 0 radical (unpaired) electrons. The molecule has 0 saturated heterocycles. The number of esters is 1. The number of H-pyrrole nitrogens is 1. The first-order valence-electron chi connectivity index (χ1n) is 4.56. The summed E-state index contributed by atoms with van der Waals surface area (Å²) in [6.45, 7) is 2.12. The predicted octanol–water partition coefficient (Wildman–Crippen LogP) is 0.398. The Labute approximate surface area is 82.1 Å². The normalized spacial score (nSPS) is 10.1. The molecular formula is C9H14N2O3. The second-order valence-corrected chi connectivity index (χ2v) is 2.85. The molecular weight excluding hydrogens is 184 g/mol. The van der Waals surface area contributed by atoms with Crippen molar-refractivity contribution in [3.05, 3.63) is 17.5 Å². The van der Waals surface area contributed by atoms with Gasteiger partial charge in [0.2, 0.25) is 0 Å². The van der Waals surface area contributed by atoms with Crippen LogP contribution >= 0.6 is 0 Å². The fourth-order valence-corrected chi connectivity index (χ4v) is 1.08. The van der Waals surface area contributed by atoms with Crippen molar-refractivity contribution in [1.29, 1.82) is 0 Å². The monoisotopic (exact) mass is 198 g/mol. The standard InChI is InChI=1S/C9H14N2O3/c1-2-14-9(13)4-3-7-5-8(6-12)11-10-7/h5,12H,2-4,6H2,1H3,(H,10,11). The van der Waals surface area contributed by atoms with Crippen LogP contribution in [-0.4, -0.2) is 27.9 Å². The van der Waals surface area contributed by atoms with Gasteiger partial charge >= 0.3 is 5.97 Å². The molecule has 0 unspecified atom stereocenters. The number of carbonyl (C=O) groups is 1. The first-order valence-corrected chi connectivity index (χ1v) is 4.56. The van der Waals surface area contributed by atoms with Crippen molar-refractivity contribution in [1.82, 2.24) is 10.2 Å². The zero-order valence-corrected chi connectivity index (χ0v) is 8.12. The van der Waals surface area contributed by atoms with Crippen molar-refractivity contribution >= 4 is 5.97 Å². The molecule has 0 amide bonds. The molecule has 0 fully saturated rings. The van der Waals surface area contributed by atoms with Crippen LogP contribution < -0.4 is 0 Å². The third-order valence-corrected chi connectivity index (χ3v) is 1.74. The third-order valence-electron chi connectivity index (χ3n) is 1.74. The number of hydrogen-bond acceptors (Lipinski definition) is 4. The summed E-state index contributed by atoms with van der Waals surface area (Å²) in [5.74, 6) is -0.221. The van der Waals surface area contributed by atoms with Crippen LogP contribution in [0.2, 0.25) is 0 Å². The molecule has 1 aromatic heterocycles. The maximum Gasteiger partial charge on any atom is 0.306 e. The Morgan fingerprint density at radius 2 is 2.50 bits per heavy atom. The number of nitrogens with one attached hydrogen (secondary N) is 1. The molecule has 1 heterocycles. The highest BCUT2D eigenvalue weighted by Crippen LogP contribution is 2.03. The number of ether oxygens (including phenoxy) is 1. The Bertz CT molecular complexity index is 296. The van der Waals surface area contributed by atoms with Gasteiger partial charge in [0.15, 0.2) is 0 Å². The zero-order chi connectivity index (χ0) is 10.4. The van der Waals surface area contributed by atoms with E-state index in [1.165, 1.54) is 0 Å². The quantitative estimate of drug-likeness (QED) is 0.671. The number of aryl methyl sites for hydroxylation is 1. The Hall–Kier alpha value is -1.36. The minimum absolute atomic E-state index is 0.0631. The molecule has 1 rings (SSSR count). The summed E-state index contributed by atoms with van der Waals surface area (Å²) < 4.78 is 4.77. The van der Waals surface area contributed by atoms with Gasteiger partial charge in [-0.1, -0.05) is 0 Å². The first kappa shape index (κ1) is 10.7. The van der Waals surface area contributed by atoms with Crippen molar-refractivity contribution in [3.8, 4) is 0 Å². The maximum atomic E-state index is 11.0. The molecule has 0 spiro atoms. The van der Waals surface area contributed by atoms with E-state index in [1.54, 1.807) is 13.0 Å². The number of aromatic nitrogens is 2. The van der Waals surface area contributed by atoms with Gasteiger partial charge in [-0.25, -0.2) is 0 Å². The Morgan fingerprint density at radius 3 is 3.07 bits per heavy atom. The lowest BCUT2D eigenvalue weighted by Crippen LogP contribution is -2.05. The van der Waals surface area contributed by atoms with Gasteiger partial charge in [-0.2, -0.15) is 5.10 Å². The smallest absolute Gasteiger partial charge is 0.306 e. The topological polar surface area (TPSA) is 75.2 Å². The molecule has 5 nitrogen and oxygen atoms in total. The Kier molecular flexibility index (Phi) is 4.12. The number of aliphatic hydroxyl groups excluding tert-OH is 1. The minimum Gasteiger partial charge on any atom is -0.466 e. The Balaban J connectivity index is 2.34. The molecule has 78 valence electrons. The van der Waals surface area contributed by atoms with E-state index in [-0.39, 0.29) is 12.6 Å². The van der Waals surface area contributed by atoms with Gasteiger partial charge in [0.05, 0.1) is 31.0 Å². The summed E-state index contributed by atoms with van der Waals surface area (Å²) in [5.41, 5.74) is 1.42. The van der Waals surface area contributed by atoms with Crippen molar-refractivity contribution in [2.45, 2.75) is 26.4 Å². The van der Waals surface area contributed by atoms with Crippen LogP contribution in [0.4, 0.5) is 0 Å². The Morgan fingerprint density at radius 1 is 1.71 bits per heavy atom. The number of aliphatic hydroxyl groups is 1. The van der Waals surface area contributed by atoms with Crippen molar-refractivity contribution < 1.29 is 14.6 Å². The van der Waals surface area contributed by atoms with E-state index < -0.39 is 0 Å². The van der Waals surface area contributed by atoms with Crippen molar-refractivity contribution in [2.24, 2.45) is 0 Å². The van der Waals surface area contributed by atoms with Crippen molar-refractivity contribution in [3.63, 3.8) is 0 Å². The van der Waals surface area contributed by atoms with Crippen molar-refractivity contribution in [2.75, 3.05) is 6.61 Å². The largest absolute Gasteiger partial charge is 0.466 e. The average molecular weight is 198 g/mol. The summed E-state index contributed by atoms with van der Waals surface area (Å²) in [4.78, 5) is 11.0. The van der Waals surface area contributed by atoms with Crippen LogP contribution in [0.3, 0.4) is 0 Å². The minimum atomic E-state index is -0.221. The molecule has 0 aliphatic heterocycles. The average Bonchev–Trinajstić information content (AvgIpc) is 2.63. The van der Waals surface area contributed by atoms with Crippen LogP contribution in [0.1, 0.15) is 24.7 Å². The predicted molar refractivity (Wildman–Crippen MR) is 49.5 cm³/mol. The number of carbonyl (C=O) groups excluding carboxylic acids is 1. The molecule has 5 heteroatoms. The van der Waals surface area contributed by atoms with E-state index in [2.05, 4.69) is 10.2 Å². The van der Waals surface area contributed by atoms with E-state index in [0.29, 0.717) is 25.1 Å². The maximum absolute atomic E-state index is 11.0. The number of rotatable bonds is 5. The molecule has 0 saturated carbocycles. The molecule has 0 atom stereocenters. The van der Waals surface area contributed by atoms with E-state index >= 15 is 0 Å². The van der Waals surface area contributed by atoms with Crippen LogP contribution in [-0.2, 0) is 22.6 Å². The van der Waals surface area contributed by atoms with E-state index in [9.17, 15) is 4.79 Å².